The number of nitrogens with one attached hydrogen (secondary N) is 3. The van der Waals surface area contributed by atoms with Gasteiger partial charge >= 0.3 is 11.8 Å². The van der Waals surface area contributed by atoms with Gasteiger partial charge in [-0.05, 0) is 83.0 Å². The average molecular weight is 588 g/mol. The van der Waals surface area contributed by atoms with Crippen molar-refractivity contribution in [3.05, 3.63) is 92.8 Å². The van der Waals surface area contributed by atoms with Crippen LogP contribution in [0.4, 0.5) is 15.8 Å². The molecular formula is C24H17Br2FN4O3. The highest BCUT2D eigenvalue weighted by atomic mass is 79.9. The zero-order valence-electron chi connectivity index (χ0n) is 17.7. The number of carbonyl (C=O) groups is 3. The SMILES string of the molecule is Cc1ccc(NC(=O)c2cc3cc(Br)ccc3n2NC(=O)C(=O)Nc2cccc(F)c2)c(Br)c1. The standard InChI is InChI=1S/C24H17Br2FN4O3/c1-13-5-7-19(18(26)9-13)29-22(32)21-11-14-10-15(25)6-8-20(14)31(21)30-24(34)23(33)28-17-4-2-3-16(27)12-17/h2-12H,1H3,(H,28,33)(H,29,32)(H,30,34). The van der Waals surface area contributed by atoms with E-state index in [2.05, 4.69) is 47.9 Å². The van der Waals surface area contributed by atoms with Crippen molar-refractivity contribution in [1.82, 2.24) is 4.68 Å². The molecular weight excluding hydrogens is 571 g/mol. The van der Waals surface area contributed by atoms with E-state index in [1.165, 1.54) is 22.9 Å². The van der Waals surface area contributed by atoms with Crippen LogP contribution >= 0.6 is 31.9 Å². The zero-order valence-corrected chi connectivity index (χ0v) is 20.8. The Morgan fingerprint density at radius 3 is 2.41 bits per heavy atom. The number of nitrogens with zero attached hydrogens (tertiary/aromatic N) is 1. The maximum atomic E-state index is 13.4. The van der Waals surface area contributed by atoms with E-state index >= 15 is 0 Å². The second kappa shape index (κ2) is 9.78. The third-order valence-corrected chi connectivity index (χ3v) is 6.02. The first-order valence-corrected chi connectivity index (χ1v) is 11.6. The molecule has 3 amide bonds. The molecule has 0 unspecified atom stereocenters. The van der Waals surface area contributed by atoms with Crippen LogP contribution in [0.15, 0.2) is 75.7 Å². The van der Waals surface area contributed by atoms with E-state index in [1.54, 1.807) is 30.3 Å². The number of rotatable bonds is 4. The molecule has 3 aromatic carbocycles. The number of aromatic nitrogens is 1. The molecule has 3 N–H and O–H groups in total. The fourth-order valence-corrected chi connectivity index (χ4v) is 4.26. The predicted octanol–water partition coefficient (Wildman–Crippen LogP) is 5.57. The van der Waals surface area contributed by atoms with Gasteiger partial charge in [0.2, 0.25) is 0 Å². The summed E-state index contributed by atoms with van der Waals surface area (Å²) in [5.41, 5.74) is 4.76. The summed E-state index contributed by atoms with van der Waals surface area (Å²) in [6.45, 7) is 1.93. The molecule has 0 saturated heterocycles. The maximum absolute atomic E-state index is 13.4. The zero-order chi connectivity index (χ0) is 24.4. The molecule has 34 heavy (non-hydrogen) atoms. The van der Waals surface area contributed by atoms with Crippen molar-refractivity contribution in [2.75, 3.05) is 16.1 Å². The minimum atomic E-state index is -1.03. The van der Waals surface area contributed by atoms with Gasteiger partial charge in [-0.25, -0.2) is 9.07 Å². The van der Waals surface area contributed by atoms with Gasteiger partial charge < -0.3 is 10.6 Å². The Balaban J connectivity index is 1.64. The van der Waals surface area contributed by atoms with Gasteiger partial charge in [-0.3, -0.25) is 19.8 Å². The van der Waals surface area contributed by atoms with Gasteiger partial charge in [-0.1, -0.05) is 28.1 Å². The van der Waals surface area contributed by atoms with E-state index < -0.39 is 23.5 Å². The van der Waals surface area contributed by atoms with E-state index in [-0.39, 0.29) is 11.4 Å². The Bertz CT molecular complexity index is 1450. The highest BCUT2D eigenvalue weighted by Crippen LogP contribution is 2.26. The van der Waals surface area contributed by atoms with Crippen molar-refractivity contribution >= 4 is 71.9 Å². The summed E-state index contributed by atoms with van der Waals surface area (Å²) >= 11 is 6.82. The first kappa shape index (κ1) is 23.7. The van der Waals surface area contributed by atoms with E-state index in [1.807, 2.05) is 19.1 Å². The highest BCUT2D eigenvalue weighted by molar-refractivity contribution is 9.10. The van der Waals surface area contributed by atoms with Crippen molar-refractivity contribution in [2.24, 2.45) is 0 Å². The Hall–Kier alpha value is -3.50. The number of aryl methyl sites for hydroxylation is 1. The molecule has 0 fully saturated rings. The molecule has 0 spiro atoms. The molecule has 7 nitrogen and oxygen atoms in total. The van der Waals surface area contributed by atoms with E-state index in [0.717, 1.165) is 16.1 Å². The molecule has 0 radical (unpaired) electrons. The summed E-state index contributed by atoms with van der Waals surface area (Å²) in [6, 6.07) is 17.5. The van der Waals surface area contributed by atoms with Crippen molar-refractivity contribution in [3.63, 3.8) is 0 Å². The normalized spacial score (nSPS) is 10.7. The second-order valence-corrected chi connectivity index (χ2v) is 9.18. The van der Waals surface area contributed by atoms with Crippen LogP contribution in [0.5, 0.6) is 0 Å². The number of halogens is 3. The number of fused-ring (bicyclic) bond motifs is 1. The first-order valence-electron chi connectivity index (χ1n) is 9.97. The molecule has 0 atom stereocenters. The summed E-state index contributed by atoms with van der Waals surface area (Å²) in [5.74, 6) is -3.10. The molecule has 10 heteroatoms. The van der Waals surface area contributed by atoms with Crippen molar-refractivity contribution in [2.45, 2.75) is 6.92 Å². The van der Waals surface area contributed by atoms with E-state index in [0.29, 0.717) is 21.1 Å². The van der Waals surface area contributed by atoms with Gasteiger partial charge in [0.1, 0.15) is 11.5 Å². The van der Waals surface area contributed by atoms with E-state index in [4.69, 9.17) is 0 Å². The van der Waals surface area contributed by atoms with Crippen LogP contribution in [0.2, 0.25) is 0 Å². The Morgan fingerprint density at radius 1 is 0.882 bits per heavy atom. The summed E-state index contributed by atoms with van der Waals surface area (Å²) in [6.07, 6.45) is 0. The van der Waals surface area contributed by atoms with Crippen LogP contribution in [0.25, 0.3) is 10.9 Å². The van der Waals surface area contributed by atoms with Crippen LogP contribution in [0.1, 0.15) is 16.1 Å². The quantitative estimate of drug-likeness (QED) is 0.272. The Morgan fingerprint density at radius 2 is 1.68 bits per heavy atom. The van der Waals surface area contributed by atoms with Gasteiger partial charge in [-0.2, -0.15) is 0 Å². The Labute approximate surface area is 210 Å². The smallest absolute Gasteiger partial charge is 0.320 e. The third-order valence-electron chi connectivity index (χ3n) is 4.87. The lowest BCUT2D eigenvalue weighted by Crippen LogP contribution is -2.36. The van der Waals surface area contributed by atoms with Crippen LogP contribution < -0.4 is 16.1 Å². The fraction of sp³-hybridized carbons (Fsp3) is 0.0417. The summed E-state index contributed by atoms with van der Waals surface area (Å²) < 4.78 is 16.1. The highest BCUT2D eigenvalue weighted by Gasteiger charge is 2.21. The lowest BCUT2D eigenvalue weighted by atomic mass is 10.2. The monoisotopic (exact) mass is 586 g/mol. The van der Waals surface area contributed by atoms with Crippen LogP contribution in [-0.2, 0) is 9.59 Å². The van der Waals surface area contributed by atoms with Crippen molar-refractivity contribution in [3.8, 4) is 0 Å². The van der Waals surface area contributed by atoms with Gasteiger partial charge in [-0.15, -0.1) is 0 Å². The van der Waals surface area contributed by atoms with Crippen LogP contribution in [0, 0.1) is 12.7 Å². The predicted molar refractivity (Wildman–Crippen MR) is 136 cm³/mol. The molecule has 0 saturated carbocycles. The second-order valence-electron chi connectivity index (χ2n) is 7.41. The molecule has 1 aromatic heterocycles. The number of hydrogen-bond donors (Lipinski definition) is 3. The fourth-order valence-electron chi connectivity index (χ4n) is 3.29. The van der Waals surface area contributed by atoms with Crippen molar-refractivity contribution < 1.29 is 18.8 Å². The molecule has 0 aliphatic heterocycles. The maximum Gasteiger partial charge on any atom is 0.328 e. The van der Waals surface area contributed by atoms with Crippen molar-refractivity contribution in [1.29, 1.82) is 0 Å². The molecule has 4 aromatic rings. The van der Waals surface area contributed by atoms with Crippen LogP contribution in [-0.4, -0.2) is 22.4 Å². The summed E-state index contributed by atoms with van der Waals surface area (Å²) in [7, 11) is 0. The minimum Gasteiger partial charge on any atom is -0.320 e. The average Bonchev–Trinajstić information content (AvgIpc) is 3.13. The molecule has 0 aliphatic carbocycles. The number of carbonyl (C=O) groups excluding carboxylic acids is 3. The molecule has 172 valence electrons. The number of hydrogen-bond acceptors (Lipinski definition) is 3. The largest absolute Gasteiger partial charge is 0.328 e. The van der Waals surface area contributed by atoms with Crippen LogP contribution in [0.3, 0.4) is 0 Å². The third kappa shape index (κ3) is 5.18. The molecule has 0 bridgehead atoms. The lowest BCUT2D eigenvalue weighted by molar-refractivity contribution is -0.133. The molecule has 4 rings (SSSR count). The first-order chi connectivity index (χ1) is 16.2. The van der Waals surface area contributed by atoms with Gasteiger partial charge in [0.15, 0.2) is 0 Å². The van der Waals surface area contributed by atoms with Gasteiger partial charge in [0.25, 0.3) is 5.91 Å². The topological polar surface area (TPSA) is 92.2 Å². The Kier molecular flexibility index (Phi) is 6.80. The lowest BCUT2D eigenvalue weighted by Gasteiger charge is -2.13. The number of benzene rings is 3. The summed E-state index contributed by atoms with van der Waals surface area (Å²) in [5, 5.41) is 5.80. The minimum absolute atomic E-state index is 0.104. The molecule has 0 aliphatic rings. The van der Waals surface area contributed by atoms with E-state index in [9.17, 15) is 18.8 Å². The molecule has 1 heterocycles. The van der Waals surface area contributed by atoms with Gasteiger partial charge in [0, 0.05) is 20.0 Å². The number of amides is 3. The number of anilines is 2. The summed E-state index contributed by atoms with van der Waals surface area (Å²) in [4.78, 5) is 38.2. The van der Waals surface area contributed by atoms with Gasteiger partial charge in [0.05, 0.1) is 11.2 Å².